The molecule has 2 amide bonds. The zero-order chi connectivity index (χ0) is 27.4. The highest BCUT2D eigenvalue weighted by atomic mass is 32.2. The van der Waals surface area contributed by atoms with Crippen LogP contribution in [0.2, 0.25) is 0 Å². The topological polar surface area (TPSA) is 142 Å². The van der Waals surface area contributed by atoms with Crippen molar-refractivity contribution in [2.24, 2.45) is 5.92 Å². The summed E-state index contributed by atoms with van der Waals surface area (Å²) in [6.07, 6.45) is 3.46. The van der Waals surface area contributed by atoms with Gasteiger partial charge in [0.05, 0.1) is 36.6 Å². The molecule has 0 saturated heterocycles. The van der Waals surface area contributed by atoms with Crippen LogP contribution in [0.5, 0.6) is 5.75 Å². The van der Waals surface area contributed by atoms with Gasteiger partial charge < -0.3 is 20.1 Å². The quantitative estimate of drug-likeness (QED) is 0.428. The summed E-state index contributed by atoms with van der Waals surface area (Å²) in [5.41, 5.74) is 0.485. The minimum absolute atomic E-state index is 0.0111. The molecule has 1 aliphatic rings. The lowest BCUT2D eigenvalue weighted by atomic mass is 9.99. The van der Waals surface area contributed by atoms with Crippen LogP contribution in [0.1, 0.15) is 34.7 Å². The standard InChI is InChI=1S/C25H29N5O6S2/c1-16-13-30(17(2)15-31)25(33)18-6-4-7-19(28-24(32)20-12-26-9-10-27-20)23(18)36-21(16)14-29(3)38(34,35)22-8-5-11-37-22/h4-12,16-17,21,31H,13-15H2,1-3H3,(H,28,32)/t16-,17-,21-/m0/s1. The summed E-state index contributed by atoms with van der Waals surface area (Å²) in [4.78, 5) is 35.9. The Hall–Kier alpha value is -3.39. The highest BCUT2D eigenvalue weighted by Gasteiger charge is 2.36. The second-order valence-electron chi connectivity index (χ2n) is 9.07. The molecule has 0 saturated carbocycles. The predicted molar refractivity (Wildman–Crippen MR) is 142 cm³/mol. The number of hydrogen-bond donors (Lipinski definition) is 2. The van der Waals surface area contributed by atoms with E-state index in [1.807, 2.05) is 6.92 Å². The Bertz CT molecular complexity index is 1380. The third-order valence-corrected chi connectivity index (χ3v) is 9.53. The van der Waals surface area contributed by atoms with Gasteiger partial charge in [-0.25, -0.2) is 13.4 Å². The maximum Gasteiger partial charge on any atom is 0.275 e. The van der Waals surface area contributed by atoms with Crippen molar-refractivity contribution < 1.29 is 27.9 Å². The summed E-state index contributed by atoms with van der Waals surface area (Å²) >= 11 is 1.12. The van der Waals surface area contributed by atoms with Crippen molar-refractivity contribution in [3.63, 3.8) is 0 Å². The van der Waals surface area contributed by atoms with Crippen molar-refractivity contribution in [1.82, 2.24) is 19.2 Å². The van der Waals surface area contributed by atoms with Gasteiger partial charge in [-0.05, 0) is 30.5 Å². The summed E-state index contributed by atoms with van der Waals surface area (Å²) < 4.78 is 34.1. The molecule has 202 valence electrons. The summed E-state index contributed by atoms with van der Waals surface area (Å²) in [6.45, 7) is 3.55. The second kappa shape index (κ2) is 11.6. The average Bonchev–Trinajstić information content (AvgIpc) is 3.47. The summed E-state index contributed by atoms with van der Waals surface area (Å²) in [6, 6.07) is 7.49. The lowest BCUT2D eigenvalue weighted by Gasteiger charge is -2.38. The van der Waals surface area contributed by atoms with Gasteiger partial charge in [-0.3, -0.25) is 14.6 Å². The van der Waals surface area contributed by atoms with Gasteiger partial charge in [-0.15, -0.1) is 11.3 Å². The van der Waals surface area contributed by atoms with E-state index in [9.17, 15) is 23.1 Å². The molecule has 11 nitrogen and oxygen atoms in total. The molecule has 3 heterocycles. The monoisotopic (exact) mass is 559 g/mol. The van der Waals surface area contributed by atoms with E-state index in [1.165, 1.54) is 36.0 Å². The Morgan fingerprint density at radius 3 is 2.76 bits per heavy atom. The van der Waals surface area contributed by atoms with Crippen LogP contribution in [0.4, 0.5) is 5.69 Å². The average molecular weight is 560 g/mol. The van der Waals surface area contributed by atoms with E-state index in [0.717, 1.165) is 11.3 Å². The molecule has 3 aromatic rings. The number of para-hydroxylation sites is 1. The molecular weight excluding hydrogens is 530 g/mol. The number of likely N-dealkylation sites (N-methyl/N-ethyl adjacent to an activating group) is 1. The van der Waals surface area contributed by atoms with Gasteiger partial charge in [0.25, 0.3) is 21.8 Å². The van der Waals surface area contributed by atoms with E-state index >= 15 is 0 Å². The van der Waals surface area contributed by atoms with E-state index in [1.54, 1.807) is 41.5 Å². The number of aliphatic hydroxyl groups excluding tert-OH is 1. The number of fused-ring (bicyclic) bond motifs is 1. The minimum atomic E-state index is -3.76. The summed E-state index contributed by atoms with van der Waals surface area (Å²) in [5.74, 6) is -1.14. The van der Waals surface area contributed by atoms with Crippen LogP contribution < -0.4 is 10.1 Å². The third kappa shape index (κ3) is 5.70. The molecule has 1 aliphatic heterocycles. The summed E-state index contributed by atoms with van der Waals surface area (Å²) in [7, 11) is -2.28. The van der Waals surface area contributed by atoms with Gasteiger partial charge in [0.15, 0.2) is 5.75 Å². The maximum atomic E-state index is 13.6. The van der Waals surface area contributed by atoms with E-state index in [4.69, 9.17) is 4.74 Å². The lowest BCUT2D eigenvalue weighted by molar-refractivity contribution is 0.0388. The van der Waals surface area contributed by atoms with Crippen LogP contribution in [-0.4, -0.2) is 83.4 Å². The molecule has 0 radical (unpaired) electrons. The van der Waals surface area contributed by atoms with E-state index in [-0.39, 0.29) is 58.4 Å². The number of nitrogens with one attached hydrogen (secondary N) is 1. The van der Waals surface area contributed by atoms with Crippen molar-refractivity contribution in [1.29, 1.82) is 0 Å². The molecule has 13 heteroatoms. The lowest BCUT2D eigenvalue weighted by Crippen LogP contribution is -2.50. The Kier molecular flexibility index (Phi) is 8.41. The van der Waals surface area contributed by atoms with Gasteiger partial charge in [0, 0.05) is 31.9 Å². The number of anilines is 1. The molecule has 1 aromatic carbocycles. The molecule has 2 N–H and O–H groups in total. The molecule has 2 aromatic heterocycles. The maximum absolute atomic E-state index is 13.6. The van der Waals surface area contributed by atoms with Crippen LogP contribution in [0.25, 0.3) is 0 Å². The van der Waals surface area contributed by atoms with Gasteiger partial charge in [0.2, 0.25) is 0 Å². The van der Waals surface area contributed by atoms with Crippen molar-refractivity contribution in [3.05, 3.63) is 65.6 Å². The fraction of sp³-hybridized carbons (Fsp3) is 0.360. The Labute approximate surface area is 225 Å². The van der Waals surface area contributed by atoms with Gasteiger partial charge >= 0.3 is 0 Å². The highest BCUT2D eigenvalue weighted by Crippen LogP contribution is 2.35. The largest absolute Gasteiger partial charge is 0.486 e. The Morgan fingerprint density at radius 2 is 2.11 bits per heavy atom. The van der Waals surface area contributed by atoms with Gasteiger partial charge in [0.1, 0.15) is 16.0 Å². The molecule has 0 fully saturated rings. The van der Waals surface area contributed by atoms with Crippen molar-refractivity contribution in [3.8, 4) is 5.75 Å². The number of nitrogens with zero attached hydrogens (tertiary/aromatic N) is 4. The molecule has 0 spiro atoms. The second-order valence-corrected chi connectivity index (χ2v) is 12.3. The number of sulfonamides is 1. The van der Waals surface area contributed by atoms with E-state index < -0.39 is 28.1 Å². The molecule has 3 atom stereocenters. The molecule has 38 heavy (non-hydrogen) atoms. The van der Waals surface area contributed by atoms with Gasteiger partial charge in [-0.2, -0.15) is 4.31 Å². The van der Waals surface area contributed by atoms with Crippen LogP contribution in [-0.2, 0) is 10.0 Å². The number of carbonyl (C=O) groups excluding carboxylic acids is 2. The van der Waals surface area contributed by atoms with E-state index in [0.29, 0.717) is 0 Å². The molecule has 0 aliphatic carbocycles. The minimum Gasteiger partial charge on any atom is -0.486 e. The number of aromatic nitrogens is 2. The number of ether oxygens (including phenoxy) is 1. The number of benzene rings is 1. The predicted octanol–water partition coefficient (Wildman–Crippen LogP) is 2.33. The van der Waals surface area contributed by atoms with E-state index in [2.05, 4.69) is 15.3 Å². The molecule has 4 rings (SSSR count). The highest BCUT2D eigenvalue weighted by molar-refractivity contribution is 7.91. The van der Waals surface area contributed by atoms with Crippen molar-refractivity contribution >= 4 is 38.9 Å². The number of hydrogen-bond acceptors (Lipinski definition) is 9. The fourth-order valence-electron chi connectivity index (χ4n) is 4.08. The smallest absolute Gasteiger partial charge is 0.275 e. The first-order valence-electron chi connectivity index (χ1n) is 11.9. The zero-order valence-corrected chi connectivity index (χ0v) is 22.8. The Morgan fingerprint density at radius 1 is 1.32 bits per heavy atom. The SMILES string of the molecule is C[C@H]1CN([C@@H](C)CO)C(=O)c2cccc(NC(=O)c3cnccn3)c2O[C@H]1CN(C)S(=O)(=O)c1cccs1. The molecular formula is C25H29N5O6S2. The first-order valence-corrected chi connectivity index (χ1v) is 14.2. The van der Waals surface area contributed by atoms with Crippen LogP contribution in [0.3, 0.4) is 0 Å². The first kappa shape index (κ1) is 27.6. The van der Waals surface area contributed by atoms with Crippen molar-refractivity contribution in [2.45, 2.75) is 30.2 Å². The first-order chi connectivity index (χ1) is 18.1. The number of thiophene rings is 1. The number of aliphatic hydroxyl groups is 1. The fourth-order valence-corrected chi connectivity index (χ4v) is 6.46. The zero-order valence-electron chi connectivity index (χ0n) is 21.1. The third-order valence-electron chi connectivity index (χ3n) is 6.33. The number of carbonyl (C=O) groups is 2. The normalized spacial score (nSPS) is 18.8. The van der Waals surface area contributed by atoms with Crippen molar-refractivity contribution in [2.75, 3.05) is 32.1 Å². The molecule has 0 unspecified atom stereocenters. The van der Waals surface area contributed by atoms with Gasteiger partial charge in [-0.1, -0.05) is 19.1 Å². The number of amides is 2. The van der Waals surface area contributed by atoms with Crippen LogP contribution >= 0.6 is 11.3 Å². The summed E-state index contributed by atoms with van der Waals surface area (Å²) in [5, 5.41) is 14.3. The van der Waals surface area contributed by atoms with Crippen LogP contribution in [0.15, 0.2) is 58.5 Å². The van der Waals surface area contributed by atoms with Crippen LogP contribution in [0, 0.1) is 5.92 Å². The molecule has 0 bridgehead atoms. The number of rotatable bonds is 8. The Balaban J connectivity index is 1.73.